The summed E-state index contributed by atoms with van der Waals surface area (Å²) >= 11 is 0. The van der Waals surface area contributed by atoms with Crippen molar-refractivity contribution in [2.24, 2.45) is 5.73 Å². The molecule has 0 aromatic heterocycles. The van der Waals surface area contributed by atoms with Crippen molar-refractivity contribution in [1.29, 1.82) is 0 Å². The summed E-state index contributed by atoms with van der Waals surface area (Å²) in [6, 6.07) is 8.30. The molecule has 5 heteroatoms. The van der Waals surface area contributed by atoms with Crippen molar-refractivity contribution in [3.63, 3.8) is 0 Å². The molecule has 1 heterocycles. The van der Waals surface area contributed by atoms with Gasteiger partial charge in [0.2, 0.25) is 5.91 Å². The van der Waals surface area contributed by atoms with Gasteiger partial charge in [0, 0.05) is 24.8 Å². The quantitative estimate of drug-likeness (QED) is 0.876. The van der Waals surface area contributed by atoms with Crippen molar-refractivity contribution in [2.45, 2.75) is 32.4 Å². The Hall–Kier alpha value is -1.26. The van der Waals surface area contributed by atoms with Crippen molar-refractivity contribution in [3.8, 4) is 0 Å². The largest absolute Gasteiger partial charge is 0.366 e. The van der Waals surface area contributed by atoms with Crippen LogP contribution in [0.2, 0.25) is 0 Å². The Labute approximate surface area is 120 Å². The molecule has 0 spiro atoms. The van der Waals surface area contributed by atoms with Crippen LogP contribution >= 0.6 is 12.4 Å². The average Bonchev–Trinajstić information content (AvgIpc) is 2.79. The van der Waals surface area contributed by atoms with Crippen LogP contribution in [0.15, 0.2) is 24.3 Å². The fourth-order valence-corrected chi connectivity index (χ4v) is 2.34. The minimum Gasteiger partial charge on any atom is -0.366 e. The summed E-state index contributed by atoms with van der Waals surface area (Å²) in [5.41, 5.74) is 8.21. The first-order chi connectivity index (χ1) is 8.59. The average molecular weight is 284 g/mol. The molecule has 0 bridgehead atoms. The molecule has 106 valence electrons. The number of nitrogens with zero attached hydrogens (tertiary/aromatic N) is 1. The number of carbonyl (C=O) groups excluding carboxylic acids is 1. The van der Waals surface area contributed by atoms with Crippen LogP contribution in [0.3, 0.4) is 0 Å². The molecule has 3 N–H and O–H groups in total. The standard InChI is InChI=1S/C14H21N3O.ClH/c1-10(9-16-14(18)11(2)15)17-8-7-12-5-3-4-6-13(12)17;/h3-6,10-11H,7-9,15H2,1-2H3,(H,16,18);1H. The zero-order chi connectivity index (χ0) is 13.1. The fourth-order valence-electron chi connectivity index (χ4n) is 2.34. The molecule has 2 rings (SSSR count). The molecule has 19 heavy (non-hydrogen) atoms. The lowest BCUT2D eigenvalue weighted by molar-refractivity contribution is -0.122. The number of rotatable bonds is 4. The molecule has 4 nitrogen and oxygen atoms in total. The number of nitrogens with two attached hydrogens (primary N) is 1. The summed E-state index contributed by atoms with van der Waals surface area (Å²) in [4.78, 5) is 13.8. The molecule has 0 aliphatic carbocycles. The molecule has 1 aromatic rings. The summed E-state index contributed by atoms with van der Waals surface area (Å²) in [7, 11) is 0. The van der Waals surface area contributed by atoms with Crippen LogP contribution in [0.4, 0.5) is 5.69 Å². The summed E-state index contributed by atoms with van der Waals surface area (Å²) in [6.45, 7) is 5.48. The Morgan fingerprint density at radius 2 is 2.11 bits per heavy atom. The number of carbonyl (C=O) groups is 1. The van der Waals surface area contributed by atoms with E-state index in [-0.39, 0.29) is 24.4 Å². The van der Waals surface area contributed by atoms with E-state index in [4.69, 9.17) is 5.73 Å². The minimum atomic E-state index is -0.442. The number of anilines is 1. The summed E-state index contributed by atoms with van der Waals surface area (Å²) in [5.74, 6) is -0.0886. The number of benzene rings is 1. The molecule has 1 aliphatic heterocycles. The minimum absolute atomic E-state index is 0. The van der Waals surface area contributed by atoms with E-state index in [1.807, 2.05) is 0 Å². The van der Waals surface area contributed by atoms with Gasteiger partial charge in [0.25, 0.3) is 0 Å². The molecule has 2 unspecified atom stereocenters. The molecule has 0 saturated heterocycles. The third-order valence-corrected chi connectivity index (χ3v) is 3.44. The van der Waals surface area contributed by atoms with E-state index in [2.05, 4.69) is 41.4 Å². The number of amides is 1. The molecule has 1 aliphatic rings. The van der Waals surface area contributed by atoms with Crippen molar-refractivity contribution in [2.75, 3.05) is 18.0 Å². The Balaban J connectivity index is 0.00000180. The number of hydrogen-bond donors (Lipinski definition) is 2. The maximum Gasteiger partial charge on any atom is 0.236 e. The Bertz CT molecular complexity index is 436. The molecule has 0 saturated carbocycles. The first-order valence-electron chi connectivity index (χ1n) is 6.47. The summed E-state index contributed by atoms with van der Waals surface area (Å²) in [6.07, 6.45) is 1.09. The first kappa shape index (κ1) is 15.8. The molecule has 2 atom stereocenters. The van der Waals surface area contributed by atoms with Crippen molar-refractivity contribution in [1.82, 2.24) is 5.32 Å². The second-order valence-corrected chi connectivity index (χ2v) is 4.95. The predicted molar refractivity (Wildman–Crippen MR) is 80.9 cm³/mol. The number of fused-ring (bicyclic) bond motifs is 1. The summed E-state index contributed by atoms with van der Waals surface area (Å²) < 4.78 is 0. The zero-order valence-corrected chi connectivity index (χ0v) is 12.2. The van der Waals surface area contributed by atoms with Gasteiger partial charge in [-0.2, -0.15) is 0 Å². The maximum absolute atomic E-state index is 11.5. The first-order valence-corrected chi connectivity index (χ1v) is 6.47. The van der Waals surface area contributed by atoms with Gasteiger partial charge in [-0.1, -0.05) is 18.2 Å². The molecule has 0 radical (unpaired) electrons. The molecule has 1 aromatic carbocycles. The van der Waals surface area contributed by atoms with E-state index < -0.39 is 6.04 Å². The van der Waals surface area contributed by atoms with Crippen LogP contribution in [-0.4, -0.2) is 31.1 Å². The van der Waals surface area contributed by atoms with Crippen LogP contribution in [0.1, 0.15) is 19.4 Å². The van der Waals surface area contributed by atoms with Crippen molar-refractivity contribution >= 4 is 24.0 Å². The number of halogens is 1. The van der Waals surface area contributed by atoms with Crippen molar-refractivity contribution in [3.05, 3.63) is 29.8 Å². The number of nitrogens with one attached hydrogen (secondary N) is 1. The Kier molecular flexibility index (Phi) is 5.63. The van der Waals surface area contributed by atoms with Crippen LogP contribution in [0, 0.1) is 0 Å². The highest BCUT2D eigenvalue weighted by Crippen LogP contribution is 2.28. The van der Waals surface area contributed by atoms with Gasteiger partial charge in [-0.05, 0) is 31.9 Å². The van der Waals surface area contributed by atoms with E-state index in [0.717, 1.165) is 13.0 Å². The van der Waals surface area contributed by atoms with E-state index >= 15 is 0 Å². The predicted octanol–water partition coefficient (Wildman–Crippen LogP) is 1.32. The number of hydrogen-bond acceptors (Lipinski definition) is 3. The highest BCUT2D eigenvalue weighted by Gasteiger charge is 2.23. The van der Waals surface area contributed by atoms with E-state index in [0.29, 0.717) is 6.54 Å². The second-order valence-electron chi connectivity index (χ2n) is 4.95. The van der Waals surface area contributed by atoms with Gasteiger partial charge in [0.15, 0.2) is 0 Å². The van der Waals surface area contributed by atoms with E-state index in [1.165, 1.54) is 11.3 Å². The number of para-hydroxylation sites is 1. The molecule has 0 fully saturated rings. The third kappa shape index (κ3) is 3.61. The van der Waals surface area contributed by atoms with E-state index in [1.54, 1.807) is 6.92 Å². The van der Waals surface area contributed by atoms with Gasteiger partial charge in [-0.25, -0.2) is 0 Å². The smallest absolute Gasteiger partial charge is 0.236 e. The summed E-state index contributed by atoms with van der Waals surface area (Å²) in [5, 5.41) is 2.88. The molecule has 1 amide bonds. The van der Waals surface area contributed by atoms with Gasteiger partial charge in [0.05, 0.1) is 6.04 Å². The highest BCUT2D eigenvalue weighted by molar-refractivity contribution is 5.85. The maximum atomic E-state index is 11.5. The fraction of sp³-hybridized carbons (Fsp3) is 0.500. The van der Waals surface area contributed by atoms with E-state index in [9.17, 15) is 4.79 Å². The van der Waals surface area contributed by atoms with Gasteiger partial charge < -0.3 is 16.0 Å². The van der Waals surface area contributed by atoms with Gasteiger partial charge in [-0.15, -0.1) is 12.4 Å². The monoisotopic (exact) mass is 283 g/mol. The van der Waals surface area contributed by atoms with Crippen LogP contribution < -0.4 is 16.0 Å². The topological polar surface area (TPSA) is 58.4 Å². The highest BCUT2D eigenvalue weighted by atomic mass is 35.5. The lowest BCUT2D eigenvalue weighted by Gasteiger charge is -2.27. The van der Waals surface area contributed by atoms with Crippen molar-refractivity contribution < 1.29 is 4.79 Å². The van der Waals surface area contributed by atoms with Crippen LogP contribution in [0.5, 0.6) is 0 Å². The van der Waals surface area contributed by atoms with Gasteiger partial charge >= 0.3 is 0 Å². The zero-order valence-electron chi connectivity index (χ0n) is 11.4. The Morgan fingerprint density at radius 3 is 2.79 bits per heavy atom. The third-order valence-electron chi connectivity index (χ3n) is 3.44. The van der Waals surface area contributed by atoms with Crippen LogP contribution in [0.25, 0.3) is 0 Å². The lowest BCUT2D eigenvalue weighted by atomic mass is 10.2. The van der Waals surface area contributed by atoms with Gasteiger partial charge in [0.1, 0.15) is 0 Å². The SMILES string of the molecule is CC(N)C(=O)NCC(C)N1CCc2ccccc21.Cl. The second kappa shape index (κ2) is 6.78. The molecular weight excluding hydrogens is 262 g/mol. The van der Waals surface area contributed by atoms with Gasteiger partial charge in [-0.3, -0.25) is 4.79 Å². The lowest BCUT2D eigenvalue weighted by Crippen LogP contribution is -2.45. The Morgan fingerprint density at radius 1 is 1.42 bits per heavy atom. The van der Waals surface area contributed by atoms with Crippen LogP contribution in [-0.2, 0) is 11.2 Å². The normalized spacial score (nSPS) is 16.3. The molecular formula is C14H22ClN3O.